The van der Waals surface area contributed by atoms with Gasteiger partial charge in [0.25, 0.3) is 0 Å². The molecule has 0 heterocycles. The largest absolute Gasteiger partial charge is 0.123 e. The van der Waals surface area contributed by atoms with Crippen LogP contribution in [0.15, 0.2) is 30.3 Å². The van der Waals surface area contributed by atoms with Crippen LogP contribution < -0.4 is 0 Å². The van der Waals surface area contributed by atoms with Gasteiger partial charge in [0.2, 0.25) is 0 Å². The highest BCUT2D eigenvalue weighted by molar-refractivity contribution is 6.20. The Balaban J connectivity index is 1.76. The van der Waals surface area contributed by atoms with Crippen LogP contribution in [-0.2, 0) is 6.42 Å². The highest BCUT2D eigenvalue weighted by Gasteiger charge is 2.33. The Kier molecular flexibility index (Phi) is 3.91. The Morgan fingerprint density at radius 1 is 1.31 bits per heavy atom. The summed E-state index contributed by atoms with van der Waals surface area (Å²) in [6.45, 7) is 2.40. The van der Waals surface area contributed by atoms with E-state index in [1.807, 2.05) is 0 Å². The van der Waals surface area contributed by atoms with Crippen molar-refractivity contribution in [2.75, 3.05) is 0 Å². The number of rotatable bonds is 4. The predicted octanol–water partition coefficient (Wildman–Crippen LogP) is 4.81. The molecule has 0 radical (unpaired) electrons. The van der Waals surface area contributed by atoms with Gasteiger partial charge in [-0.05, 0) is 49.5 Å². The average Bonchev–Trinajstić information content (AvgIpc) is 2.60. The predicted molar refractivity (Wildman–Crippen MR) is 71.0 cm³/mol. The smallest absolute Gasteiger partial charge is 0.0341 e. The molecule has 1 heteroatoms. The molecule has 0 aromatic heterocycles. The van der Waals surface area contributed by atoms with Crippen molar-refractivity contribution in [1.82, 2.24) is 0 Å². The van der Waals surface area contributed by atoms with Gasteiger partial charge in [-0.3, -0.25) is 0 Å². The van der Waals surface area contributed by atoms with Crippen LogP contribution in [0.4, 0.5) is 0 Å². The number of hydrogen-bond acceptors (Lipinski definition) is 0. The summed E-state index contributed by atoms with van der Waals surface area (Å²) >= 11 is 6.19. The number of hydrogen-bond donors (Lipinski definition) is 0. The standard InChI is InChI=1S/C15H21Cl/c1-15(11-9-14(16)12-15)10-5-8-13-6-3-2-4-7-13/h2-4,6-7,14H,5,8-12H2,1H3. The van der Waals surface area contributed by atoms with Crippen molar-refractivity contribution in [3.63, 3.8) is 0 Å². The molecule has 0 spiro atoms. The third-order valence-corrected chi connectivity index (χ3v) is 4.24. The zero-order chi connectivity index (χ0) is 11.4. The molecule has 88 valence electrons. The Morgan fingerprint density at radius 3 is 2.69 bits per heavy atom. The third-order valence-electron chi connectivity index (χ3n) is 3.86. The van der Waals surface area contributed by atoms with Crippen molar-refractivity contribution in [3.05, 3.63) is 35.9 Å². The molecule has 1 aromatic rings. The van der Waals surface area contributed by atoms with Crippen LogP contribution >= 0.6 is 11.6 Å². The average molecular weight is 237 g/mol. The normalized spacial score (nSPS) is 29.5. The van der Waals surface area contributed by atoms with Gasteiger partial charge in [-0.1, -0.05) is 37.3 Å². The van der Waals surface area contributed by atoms with Gasteiger partial charge in [0.1, 0.15) is 0 Å². The Hall–Kier alpha value is -0.490. The zero-order valence-electron chi connectivity index (χ0n) is 10.1. The fraction of sp³-hybridized carbons (Fsp3) is 0.600. The van der Waals surface area contributed by atoms with E-state index in [0.29, 0.717) is 10.8 Å². The van der Waals surface area contributed by atoms with E-state index in [-0.39, 0.29) is 0 Å². The first-order chi connectivity index (χ1) is 7.68. The van der Waals surface area contributed by atoms with Gasteiger partial charge in [-0.2, -0.15) is 0 Å². The Bertz CT molecular complexity index is 319. The third kappa shape index (κ3) is 3.25. The summed E-state index contributed by atoms with van der Waals surface area (Å²) in [6.07, 6.45) is 7.57. The zero-order valence-corrected chi connectivity index (χ0v) is 10.8. The maximum atomic E-state index is 6.19. The highest BCUT2D eigenvalue weighted by atomic mass is 35.5. The van der Waals surface area contributed by atoms with E-state index in [4.69, 9.17) is 11.6 Å². The fourth-order valence-corrected chi connectivity index (χ4v) is 3.32. The lowest BCUT2D eigenvalue weighted by Gasteiger charge is -2.23. The quantitative estimate of drug-likeness (QED) is 0.659. The van der Waals surface area contributed by atoms with Crippen molar-refractivity contribution >= 4 is 11.6 Å². The second-order valence-electron chi connectivity index (χ2n) is 5.49. The molecule has 0 aliphatic heterocycles. The molecule has 0 N–H and O–H groups in total. The topological polar surface area (TPSA) is 0 Å². The number of benzene rings is 1. The van der Waals surface area contributed by atoms with Crippen molar-refractivity contribution in [1.29, 1.82) is 0 Å². The first kappa shape index (κ1) is 12.0. The van der Waals surface area contributed by atoms with Gasteiger partial charge >= 0.3 is 0 Å². The van der Waals surface area contributed by atoms with Gasteiger partial charge in [-0.25, -0.2) is 0 Å². The van der Waals surface area contributed by atoms with Crippen LogP contribution in [-0.4, -0.2) is 5.38 Å². The molecule has 0 bridgehead atoms. The lowest BCUT2D eigenvalue weighted by Crippen LogP contribution is -2.12. The minimum absolute atomic E-state index is 0.432. The summed E-state index contributed by atoms with van der Waals surface area (Å²) in [5.74, 6) is 0. The van der Waals surface area contributed by atoms with Crippen LogP contribution in [0.5, 0.6) is 0 Å². The lowest BCUT2D eigenvalue weighted by molar-refractivity contribution is 0.300. The number of halogens is 1. The molecular formula is C15H21Cl. The molecule has 1 aliphatic rings. The summed E-state index contributed by atoms with van der Waals surface area (Å²) in [7, 11) is 0. The molecular weight excluding hydrogens is 216 g/mol. The van der Waals surface area contributed by atoms with E-state index in [2.05, 4.69) is 37.3 Å². The summed E-state index contributed by atoms with van der Waals surface area (Å²) in [4.78, 5) is 0. The molecule has 1 aliphatic carbocycles. The molecule has 1 saturated carbocycles. The minimum atomic E-state index is 0.432. The van der Waals surface area contributed by atoms with Crippen molar-refractivity contribution in [3.8, 4) is 0 Å². The Labute approximate surface area is 104 Å². The van der Waals surface area contributed by atoms with Crippen LogP contribution in [0, 0.1) is 5.41 Å². The van der Waals surface area contributed by atoms with E-state index in [1.165, 1.54) is 44.1 Å². The molecule has 1 aromatic carbocycles. The lowest BCUT2D eigenvalue weighted by atomic mass is 9.83. The van der Waals surface area contributed by atoms with E-state index in [1.54, 1.807) is 0 Å². The molecule has 0 nitrogen and oxygen atoms in total. The maximum absolute atomic E-state index is 6.19. The summed E-state index contributed by atoms with van der Waals surface area (Å²) < 4.78 is 0. The van der Waals surface area contributed by atoms with Gasteiger partial charge in [0.05, 0.1) is 0 Å². The molecule has 2 unspecified atom stereocenters. The molecule has 0 saturated heterocycles. The summed E-state index contributed by atoms with van der Waals surface area (Å²) in [5, 5.41) is 0.432. The van der Waals surface area contributed by atoms with E-state index >= 15 is 0 Å². The fourth-order valence-electron chi connectivity index (χ4n) is 2.83. The second-order valence-corrected chi connectivity index (χ2v) is 6.11. The monoisotopic (exact) mass is 236 g/mol. The van der Waals surface area contributed by atoms with E-state index < -0.39 is 0 Å². The first-order valence-electron chi connectivity index (χ1n) is 6.36. The molecule has 2 rings (SSSR count). The molecule has 0 amide bonds. The van der Waals surface area contributed by atoms with Crippen LogP contribution in [0.3, 0.4) is 0 Å². The second kappa shape index (κ2) is 5.23. The van der Waals surface area contributed by atoms with Gasteiger partial charge in [0.15, 0.2) is 0 Å². The number of alkyl halides is 1. The van der Waals surface area contributed by atoms with Gasteiger partial charge in [-0.15, -0.1) is 11.6 Å². The molecule has 1 fully saturated rings. The van der Waals surface area contributed by atoms with Crippen molar-refractivity contribution < 1.29 is 0 Å². The van der Waals surface area contributed by atoms with Gasteiger partial charge < -0.3 is 0 Å². The first-order valence-corrected chi connectivity index (χ1v) is 6.80. The number of aryl methyl sites for hydroxylation is 1. The highest BCUT2D eigenvalue weighted by Crippen LogP contribution is 2.43. The van der Waals surface area contributed by atoms with Crippen molar-refractivity contribution in [2.24, 2.45) is 5.41 Å². The van der Waals surface area contributed by atoms with Crippen LogP contribution in [0.2, 0.25) is 0 Å². The Morgan fingerprint density at radius 2 is 2.06 bits per heavy atom. The van der Waals surface area contributed by atoms with Crippen LogP contribution in [0.1, 0.15) is 44.6 Å². The van der Waals surface area contributed by atoms with Crippen molar-refractivity contribution in [2.45, 2.75) is 50.8 Å². The molecule has 16 heavy (non-hydrogen) atoms. The maximum Gasteiger partial charge on any atom is 0.0341 e. The van der Waals surface area contributed by atoms with E-state index in [9.17, 15) is 0 Å². The van der Waals surface area contributed by atoms with E-state index in [0.717, 1.165) is 0 Å². The van der Waals surface area contributed by atoms with Crippen LogP contribution in [0.25, 0.3) is 0 Å². The van der Waals surface area contributed by atoms with Gasteiger partial charge in [0, 0.05) is 5.38 Å². The summed E-state index contributed by atoms with van der Waals surface area (Å²) in [6, 6.07) is 10.8. The molecule has 2 atom stereocenters. The SMILES string of the molecule is CC1(CCCc2ccccc2)CCC(Cl)C1. The summed E-state index contributed by atoms with van der Waals surface area (Å²) in [5.41, 5.74) is 1.98. The minimum Gasteiger partial charge on any atom is -0.123 e.